The normalized spacial score (nSPS) is 11.6. The first-order chi connectivity index (χ1) is 11.7. The van der Waals surface area contributed by atoms with Gasteiger partial charge in [-0.2, -0.15) is 5.10 Å². The van der Waals surface area contributed by atoms with Gasteiger partial charge in [0, 0.05) is 16.1 Å². The Morgan fingerprint density at radius 1 is 1.24 bits per heavy atom. The molecular formula is C15H9BrF4N2O3. The first-order valence-electron chi connectivity index (χ1n) is 6.53. The summed E-state index contributed by atoms with van der Waals surface area (Å²) in [6.45, 7) is 0. The van der Waals surface area contributed by atoms with E-state index in [1.165, 1.54) is 12.1 Å². The summed E-state index contributed by atoms with van der Waals surface area (Å²) in [4.78, 5) is 11.8. The number of carbonyl (C=O) groups is 1. The lowest BCUT2D eigenvalue weighted by molar-refractivity contribution is -0.274. The van der Waals surface area contributed by atoms with E-state index in [9.17, 15) is 27.5 Å². The molecule has 0 bridgehead atoms. The second-order valence-corrected chi connectivity index (χ2v) is 5.51. The predicted molar refractivity (Wildman–Crippen MR) is 84.0 cm³/mol. The summed E-state index contributed by atoms with van der Waals surface area (Å²) in [6, 6.07) is 6.58. The highest BCUT2D eigenvalue weighted by Crippen LogP contribution is 2.24. The maximum absolute atomic E-state index is 13.7. The Morgan fingerprint density at radius 3 is 2.60 bits per heavy atom. The highest BCUT2D eigenvalue weighted by Gasteiger charge is 2.31. The van der Waals surface area contributed by atoms with Crippen LogP contribution >= 0.6 is 15.9 Å². The molecule has 0 saturated carbocycles. The summed E-state index contributed by atoms with van der Waals surface area (Å²) in [5.74, 6) is -3.08. The molecule has 2 N–H and O–H groups in total. The molecule has 0 saturated heterocycles. The van der Waals surface area contributed by atoms with E-state index in [1.807, 2.05) is 5.43 Å². The van der Waals surface area contributed by atoms with E-state index in [4.69, 9.17) is 0 Å². The molecule has 0 aliphatic heterocycles. The van der Waals surface area contributed by atoms with Gasteiger partial charge in [0.25, 0.3) is 5.91 Å². The number of nitrogens with one attached hydrogen (secondary N) is 1. The number of phenols is 1. The van der Waals surface area contributed by atoms with Crippen molar-refractivity contribution in [2.45, 2.75) is 6.36 Å². The monoisotopic (exact) mass is 420 g/mol. The third-order valence-electron chi connectivity index (χ3n) is 2.78. The molecule has 2 rings (SSSR count). The zero-order valence-electron chi connectivity index (χ0n) is 12.1. The second kappa shape index (κ2) is 7.51. The van der Waals surface area contributed by atoms with Gasteiger partial charge >= 0.3 is 6.36 Å². The van der Waals surface area contributed by atoms with Crippen LogP contribution in [0.2, 0.25) is 0 Å². The number of rotatable bonds is 4. The summed E-state index contributed by atoms with van der Waals surface area (Å²) < 4.78 is 54.1. The lowest BCUT2D eigenvalue weighted by atomic mass is 10.2. The van der Waals surface area contributed by atoms with Crippen molar-refractivity contribution in [3.8, 4) is 11.5 Å². The molecule has 0 unspecified atom stereocenters. The van der Waals surface area contributed by atoms with Crippen molar-refractivity contribution in [2.75, 3.05) is 0 Å². The van der Waals surface area contributed by atoms with E-state index in [2.05, 4.69) is 25.8 Å². The number of hydrogen-bond donors (Lipinski definition) is 2. The van der Waals surface area contributed by atoms with Crippen LogP contribution in [0.4, 0.5) is 17.6 Å². The van der Waals surface area contributed by atoms with Gasteiger partial charge in [-0.25, -0.2) is 9.82 Å². The van der Waals surface area contributed by atoms with Crippen molar-refractivity contribution in [1.29, 1.82) is 0 Å². The van der Waals surface area contributed by atoms with Crippen molar-refractivity contribution in [1.82, 2.24) is 5.43 Å². The molecule has 1 amide bonds. The number of halogens is 5. The van der Waals surface area contributed by atoms with Crippen LogP contribution in [-0.4, -0.2) is 23.6 Å². The number of nitrogens with zero attached hydrogens (tertiary/aromatic N) is 1. The number of benzene rings is 2. The minimum atomic E-state index is -4.97. The third kappa shape index (κ3) is 5.45. The molecule has 5 nitrogen and oxygen atoms in total. The Kier molecular flexibility index (Phi) is 5.62. The number of hydrazone groups is 1. The van der Waals surface area contributed by atoms with E-state index in [1.54, 1.807) is 6.07 Å². The van der Waals surface area contributed by atoms with Gasteiger partial charge in [0.05, 0.1) is 11.8 Å². The molecule has 0 spiro atoms. The summed E-state index contributed by atoms with van der Waals surface area (Å²) in [7, 11) is 0. The summed E-state index contributed by atoms with van der Waals surface area (Å²) >= 11 is 3.19. The predicted octanol–water partition coefficient (Wildman–Crippen LogP) is 3.96. The van der Waals surface area contributed by atoms with Gasteiger partial charge < -0.3 is 9.84 Å². The first-order valence-corrected chi connectivity index (χ1v) is 7.32. The van der Waals surface area contributed by atoms with Gasteiger partial charge in [-0.15, -0.1) is 13.2 Å². The molecule has 0 atom stereocenters. The van der Waals surface area contributed by atoms with Crippen LogP contribution in [-0.2, 0) is 0 Å². The molecule has 2 aromatic rings. The van der Waals surface area contributed by atoms with Gasteiger partial charge in [0.2, 0.25) is 0 Å². The highest BCUT2D eigenvalue weighted by molar-refractivity contribution is 9.10. The fraction of sp³-hybridized carbons (Fsp3) is 0.0667. The number of aromatic hydroxyl groups is 1. The minimum absolute atomic E-state index is 0.0963. The quantitative estimate of drug-likeness (QED) is 0.446. The largest absolute Gasteiger partial charge is 0.573 e. The number of ether oxygens (including phenoxy) is 1. The summed E-state index contributed by atoms with van der Waals surface area (Å²) in [5, 5.41) is 13.2. The summed E-state index contributed by atoms with van der Waals surface area (Å²) in [6.07, 6.45) is -3.84. The lowest BCUT2D eigenvalue weighted by Gasteiger charge is -2.09. The van der Waals surface area contributed by atoms with Crippen molar-refractivity contribution in [2.24, 2.45) is 5.10 Å². The van der Waals surface area contributed by atoms with E-state index in [0.29, 0.717) is 10.5 Å². The van der Waals surface area contributed by atoms with Gasteiger partial charge in [-0.3, -0.25) is 4.79 Å². The average Bonchev–Trinajstić information content (AvgIpc) is 2.49. The Morgan fingerprint density at radius 2 is 1.96 bits per heavy atom. The number of carbonyl (C=O) groups excluding carboxylic acids is 1. The first kappa shape index (κ1) is 18.7. The number of phenolic OH excluding ortho intramolecular Hbond substituents is 1. The van der Waals surface area contributed by atoms with Crippen molar-refractivity contribution in [3.63, 3.8) is 0 Å². The summed E-state index contributed by atoms with van der Waals surface area (Å²) in [5.41, 5.74) is 1.76. The molecule has 0 fully saturated rings. The topological polar surface area (TPSA) is 70.9 Å². The fourth-order valence-electron chi connectivity index (χ4n) is 1.73. The van der Waals surface area contributed by atoms with Crippen LogP contribution in [0.5, 0.6) is 11.5 Å². The van der Waals surface area contributed by atoms with Gasteiger partial charge in [-0.1, -0.05) is 15.9 Å². The van der Waals surface area contributed by atoms with E-state index < -0.39 is 29.4 Å². The molecule has 0 aromatic heterocycles. The van der Waals surface area contributed by atoms with Crippen LogP contribution in [0.3, 0.4) is 0 Å². The van der Waals surface area contributed by atoms with Crippen LogP contribution in [0.25, 0.3) is 0 Å². The van der Waals surface area contributed by atoms with E-state index in [0.717, 1.165) is 18.3 Å². The Bertz CT molecular complexity index is 825. The Hall–Kier alpha value is -2.62. The molecule has 2 aromatic carbocycles. The number of hydrogen-bond acceptors (Lipinski definition) is 4. The zero-order valence-corrected chi connectivity index (χ0v) is 13.7. The standard InChI is InChI=1S/C15H9BrF4N2O3/c16-9-1-4-13(23)8(5-9)7-21-22-14(24)11-3-2-10(6-12(11)17)25-15(18,19)20/h1-7,23H,(H,22,24)/b21-7-. The van der Waals surface area contributed by atoms with Crippen molar-refractivity contribution >= 4 is 28.1 Å². The molecule has 0 heterocycles. The molecule has 25 heavy (non-hydrogen) atoms. The van der Waals surface area contributed by atoms with Gasteiger partial charge in [0.1, 0.15) is 17.3 Å². The molecule has 132 valence electrons. The fourth-order valence-corrected chi connectivity index (χ4v) is 2.11. The van der Waals surface area contributed by atoms with E-state index >= 15 is 0 Å². The molecule has 0 radical (unpaired) electrons. The molecule has 0 aliphatic rings. The van der Waals surface area contributed by atoms with Crippen LogP contribution in [0.1, 0.15) is 15.9 Å². The van der Waals surface area contributed by atoms with Crippen LogP contribution < -0.4 is 10.2 Å². The Balaban J connectivity index is 2.08. The molecule has 0 aliphatic carbocycles. The smallest absolute Gasteiger partial charge is 0.507 e. The van der Waals surface area contributed by atoms with Crippen LogP contribution in [0.15, 0.2) is 46.0 Å². The molecular weight excluding hydrogens is 412 g/mol. The minimum Gasteiger partial charge on any atom is -0.507 e. The zero-order chi connectivity index (χ0) is 18.6. The maximum atomic E-state index is 13.7. The second-order valence-electron chi connectivity index (χ2n) is 4.59. The number of amides is 1. The van der Waals surface area contributed by atoms with E-state index in [-0.39, 0.29) is 11.3 Å². The maximum Gasteiger partial charge on any atom is 0.573 e. The Labute approximate surface area is 147 Å². The average molecular weight is 421 g/mol. The molecule has 10 heteroatoms. The van der Waals surface area contributed by atoms with Gasteiger partial charge in [-0.05, 0) is 30.3 Å². The van der Waals surface area contributed by atoms with Crippen molar-refractivity contribution in [3.05, 3.63) is 57.8 Å². The highest BCUT2D eigenvalue weighted by atomic mass is 79.9. The third-order valence-corrected chi connectivity index (χ3v) is 3.27. The van der Waals surface area contributed by atoms with Gasteiger partial charge in [0.15, 0.2) is 0 Å². The lowest BCUT2D eigenvalue weighted by Crippen LogP contribution is -2.20. The number of alkyl halides is 3. The van der Waals surface area contributed by atoms with Crippen LogP contribution in [0, 0.1) is 5.82 Å². The van der Waals surface area contributed by atoms with Crippen molar-refractivity contribution < 1.29 is 32.2 Å². The SMILES string of the molecule is O=C(N/N=C\c1cc(Br)ccc1O)c1ccc(OC(F)(F)F)cc1F.